The molecule has 0 saturated carbocycles. The molecule has 1 fully saturated rings. The zero-order valence-electron chi connectivity index (χ0n) is 18.1. The molecule has 168 valence electrons. The second-order valence-electron chi connectivity index (χ2n) is 8.51. The Hall–Kier alpha value is -2.32. The number of thioether (sulfide) groups is 1. The number of aromatic nitrogens is 2. The molecule has 5 rings (SSSR count). The normalized spacial score (nSPS) is 16.2. The molecule has 2 N–H and O–H groups in total. The molecule has 2 aliphatic rings. The van der Waals surface area contributed by atoms with E-state index in [-0.39, 0.29) is 11.5 Å². The van der Waals surface area contributed by atoms with Crippen molar-refractivity contribution in [2.45, 2.75) is 50.7 Å². The predicted octanol–water partition coefficient (Wildman–Crippen LogP) is 4.73. The number of amides is 1. The first-order valence-corrected chi connectivity index (χ1v) is 13.4. The van der Waals surface area contributed by atoms with Crippen LogP contribution in [0.4, 0.5) is 11.4 Å². The molecule has 8 heteroatoms. The molecule has 3 heterocycles. The van der Waals surface area contributed by atoms with Gasteiger partial charge in [0.15, 0.2) is 0 Å². The number of aromatic amines is 1. The summed E-state index contributed by atoms with van der Waals surface area (Å²) >= 11 is 3.13. The quantitative estimate of drug-likeness (QED) is 0.547. The Morgan fingerprint density at radius 1 is 1.12 bits per heavy atom. The van der Waals surface area contributed by atoms with E-state index in [0.29, 0.717) is 17.3 Å². The van der Waals surface area contributed by atoms with Crippen LogP contribution < -0.4 is 15.8 Å². The minimum atomic E-state index is -0.0371. The third kappa shape index (κ3) is 4.57. The largest absolute Gasteiger partial charge is 0.370 e. The second kappa shape index (κ2) is 9.67. The number of para-hydroxylation sites is 2. The van der Waals surface area contributed by atoms with Crippen LogP contribution in [-0.4, -0.2) is 34.7 Å². The van der Waals surface area contributed by atoms with Gasteiger partial charge in [0.25, 0.3) is 5.56 Å². The summed E-state index contributed by atoms with van der Waals surface area (Å²) in [6.07, 6.45) is 8.04. The van der Waals surface area contributed by atoms with Crippen LogP contribution in [0, 0.1) is 0 Å². The van der Waals surface area contributed by atoms with Gasteiger partial charge in [-0.1, -0.05) is 12.1 Å². The van der Waals surface area contributed by atoms with Crippen molar-refractivity contribution >= 4 is 50.6 Å². The molecule has 1 saturated heterocycles. The number of benzene rings is 1. The number of carbonyl (C=O) groups is 1. The summed E-state index contributed by atoms with van der Waals surface area (Å²) < 4.78 is 0. The zero-order chi connectivity index (χ0) is 21.9. The van der Waals surface area contributed by atoms with Crippen molar-refractivity contribution in [2.24, 2.45) is 0 Å². The molecule has 0 atom stereocenters. The minimum Gasteiger partial charge on any atom is -0.370 e. The number of piperidine rings is 1. The lowest BCUT2D eigenvalue weighted by Crippen LogP contribution is -2.30. The van der Waals surface area contributed by atoms with Gasteiger partial charge in [-0.25, -0.2) is 4.98 Å². The Kier molecular flexibility index (Phi) is 6.50. The number of H-pyrrole nitrogens is 1. The number of anilines is 2. The summed E-state index contributed by atoms with van der Waals surface area (Å²) in [5.74, 6) is 1.44. The minimum absolute atomic E-state index is 0.0329. The monoisotopic (exact) mass is 468 g/mol. The van der Waals surface area contributed by atoms with Gasteiger partial charge in [0.05, 0.1) is 28.3 Å². The third-order valence-electron chi connectivity index (χ3n) is 6.22. The summed E-state index contributed by atoms with van der Waals surface area (Å²) in [6, 6.07) is 8.03. The number of hydrogen-bond acceptors (Lipinski definition) is 6. The van der Waals surface area contributed by atoms with Gasteiger partial charge < -0.3 is 15.2 Å². The van der Waals surface area contributed by atoms with Crippen molar-refractivity contribution in [3.63, 3.8) is 0 Å². The van der Waals surface area contributed by atoms with Crippen LogP contribution in [-0.2, 0) is 23.4 Å². The lowest BCUT2D eigenvalue weighted by molar-refractivity contribution is -0.113. The van der Waals surface area contributed by atoms with Gasteiger partial charge in [-0.15, -0.1) is 23.1 Å². The molecule has 0 radical (unpaired) electrons. The number of fused-ring (bicyclic) bond motifs is 3. The van der Waals surface area contributed by atoms with E-state index in [4.69, 9.17) is 4.98 Å². The van der Waals surface area contributed by atoms with E-state index < -0.39 is 0 Å². The van der Waals surface area contributed by atoms with Crippen LogP contribution in [0.2, 0.25) is 0 Å². The molecule has 1 aliphatic heterocycles. The van der Waals surface area contributed by atoms with E-state index >= 15 is 0 Å². The summed E-state index contributed by atoms with van der Waals surface area (Å²) in [7, 11) is 0. The molecule has 0 unspecified atom stereocenters. The van der Waals surface area contributed by atoms with E-state index in [1.165, 1.54) is 47.9 Å². The first-order chi connectivity index (χ1) is 15.7. The molecule has 1 aromatic carbocycles. The van der Waals surface area contributed by atoms with Crippen LogP contribution in [0.5, 0.6) is 0 Å². The van der Waals surface area contributed by atoms with E-state index in [2.05, 4.69) is 21.3 Å². The number of aryl methyl sites for hydroxylation is 2. The van der Waals surface area contributed by atoms with Crippen molar-refractivity contribution in [1.29, 1.82) is 0 Å². The van der Waals surface area contributed by atoms with Gasteiger partial charge in [-0.05, 0) is 62.6 Å². The third-order valence-corrected chi connectivity index (χ3v) is 8.35. The van der Waals surface area contributed by atoms with Gasteiger partial charge in [-0.3, -0.25) is 9.59 Å². The lowest BCUT2D eigenvalue weighted by atomic mass is 9.97. The fourth-order valence-corrected chi connectivity index (χ4v) is 6.66. The zero-order valence-corrected chi connectivity index (χ0v) is 19.7. The Morgan fingerprint density at radius 3 is 2.81 bits per heavy atom. The van der Waals surface area contributed by atoms with Crippen molar-refractivity contribution < 1.29 is 4.79 Å². The van der Waals surface area contributed by atoms with Crippen LogP contribution in [0.15, 0.2) is 29.1 Å². The smallest absolute Gasteiger partial charge is 0.259 e. The van der Waals surface area contributed by atoms with Crippen LogP contribution in [0.25, 0.3) is 10.2 Å². The van der Waals surface area contributed by atoms with Crippen molar-refractivity contribution in [1.82, 2.24) is 9.97 Å². The molecule has 0 spiro atoms. The molecule has 1 amide bonds. The average Bonchev–Trinajstić information content (AvgIpc) is 3.19. The predicted molar refractivity (Wildman–Crippen MR) is 134 cm³/mol. The number of carbonyl (C=O) groups excluding carboxylic acids is 1. The van der Waals surface area contributed by atoms with Gasteiger partial charge >= 0.3 is 0 Å². The first-order valence-electron chi connectivity index (χ1n) is 11.4. The highest BCUT2D eigenvalue weighted by Gasteiger charge is 2.20. The summed E-state index contributed by atoms with van der Waals surface area (Å²) in [5, 5.41) is 3.86. The molecular weight excluding hydrogens is 440 g/mol. The SMILES string of the molecule is O=C(CSCc1nc2sc3c(c2c(=O)[nH]1)CCCC3)Nc1ccccc1N1CCCCC1. The molecule has 2 aromatic heterocycles. The highest BCUT2D eigenvalue weighted by molar-refractivity contribution is 7.99. The average molecular weight is 469 g/mol. The summed E-state index contributed by atoms with van der Waals surface area (Å²) in [4.78, 5) is 37.5. The maximum Gasteiger partial charge on any atom is 0.259 e. The first kappa shape index (κ1) is 21.5. The number of hydrogen-bond donors (Lipinski definition) is 2. The standard InChI is InChI=1S/C24H28N4O2S2/c29-21(25-17-9-3-4-10-18(17)28-12-6-1-7-13-28)15-31-14-20-26-23(30)22-16-8-2-5-11-19(16)32-24(22)27-20/h3-4,9-10H,1-2,5-8,11-15H2,(H,25,29)(H,26,27,30). The number of nitrogens with zero attached hydrogens (tertiary/aromatic N) is 2. The second-order valence-corrected chi connectivity index (χ2v) is 10.6. The maximum absolute atomic E-state index is 12.7. The van der Waals surface area contributed by atoms with Gasteiger partial charge in [-0.2, -0.15) is 0 Å². The highest BCUT2D eigenvalue weighted by Crippen LogP contribution is 2.33. The Balaban J connectivity index is 1.21. The van der Waals surface area contributed by atoms with Crippen molar-refractivity contribution in [3.05, 3.63) is 50.9 Å². The Bertz CT molecular complexity index is 1180. The van der Waals surface area contributed by atoms with Crippen LogP contribution in [0.3, 0.4) is 0 Å². The van der Waals surface area contributed by atoms with Gasteiger partial charge in [0, 0.05) is 18.0 Å². The number of nitrogens with one attached hydrogen (secondary N) is 2. The van der Waals surface area contributed by atoms with E-state index in [9.17, 15) is 9.59 Å². The fraction of sp³-hybridized carbons (Fsp3) is 0.458. The lowest BCUT2D eigenvalue weighted by Gasteiger charge is -2.30. The van der Waals surface area contributed by atoms with Gasteiger partial charge in [0.1, 0.15) is 10.7 Å². The molecule has 1 aliphatic carbocycles. The van der Waals surface area contributed by atoms with E-state index in [1.54, 1.807) is 11.3 Å². The number of thiophene rings is 1. The molecule has 3 aromatic rings. The van der Waals surface area contributed by atoms with Crippen molar-refractivity contribution in [3.8, 4) is 0 Å². The maximum atomic E-state index is 12.7. The topological polar surface area (TPSA) is 78.1 Å². The molecule has 0 bridgehead atoms. The van der Waals surface area contributed by atoms with E-state index in [1.807, 2.05) is 18.2 Å². The summed E-state index contributed by atoms with van der Waals surface area (Å²) in [5.41, 5.74) is 3.14. The van der Waals surface area contributed by atoms with E-state index in [0.717, 1.165) is 53.9 Å². The number of rotatable bonds is 6. The van der Waals surface area contributed by atoms with Gasteiger partial charge in [0.2, 0.25) is 5.91 Å². The Morgan fingerprint density at radius 2 is 1.94 bits per heavy atom. The van der Waals surface area contributed by atoms with Crippen LogP contribution >= 0.6 is 23.1 Å². The van der Waals surface area contributed by atoms with Crippen molar-refractivity contribution in [2.75, 3.05) is 29.1 Å². The summed E-state index contributed by atoms with van der Waals surface area (Å²) in [6.45, 7) is 2.07. The molecule has 32 heavy (non-hydrogen) atoms. The molecule has 6 nitrogen and oxygen atoms in total. The van der Waals surface area contributed by atoms with Crippen LogP contribution in [0.1, 0.15) is 48.4 Å². The fourth-order valence-electron chi connectivity index (χ4n) is 4.69. The molecular formula is C24H28N4O2S2. The highest BCUT2D eigenvalue weighted by atomic mass is 32.2. The Labute approximate surface area is 195 Å².